The van der Waals surface area contributed by atoms with Gasteiger partial charge in [-0.15, -0.1) is 0 Å². The van der Waals surface area contributed by atoms with Crippen LogP contribution < -0.4 is 19.5 Å². The summed E-state index contributed by atoms with van der Waals surface area (Å²) in [5.74, 6) is 1.25. The molecule has 2 aliphatic rings. The largest absolute Gasteiger partial charge is 0.488 e. The van der Waals surface area contributed by atoms with Crippen LogP contribution in [0.5, 0.6) is 17.5 Å². The minimum atomic E-state index is -0.655. The molecule has 2 saturated heterocycles. The zero-order chi connectivity index (χ0) is 26.5. The summed E-state index contributed by atoms with van der Waals surface area (Å²) in [5.41, 5.74) is 1.56. The number of anilines is 1. The Labute approximate surface area is 219 Å². The molecule has 12 nitrogen and oxygen atoms in total. The van der Waals surface area contributed by atoms with Crippen LogP contribution in [0.2, 0.25) is 0 Å². The number of ether oxygens (including phenoxy) is 4. The van der Waals surface area contributed by atoms with Gasteiger partial charge in [-0.25, -0.2) is 9.97 Å². The predicted octanol–water partition coefficient (Wildman–Crippen LogP) is 1.85. The van der Waals surface area contributed by atoms with Crippen molar-refractivity contribution in [3.63, 3.8) is 0 Å². The van der Waals surface area contributed by atoms with Crippen molar-refractivity contribution in [1.82, 2.24) is 24.6 Å². The third-order valence-corrected chi connectivity index (χ3v) is 6.34. The first-order valence-electron chi connectivity index (χ1n) is 12.4. The number of carbonyl (C=O) groups is 2. The molecule has 5 rings (SSSR count). The molecule has 2 fully saturated rings. The Balaban J connectivity index is 1.07. The standard InChI is InChI=1S/C26H30N6O6/c1-17-3-6-28-24(9-17)38-20-5-8-31(14-20)25(33)15-32-13-18(12-29-32)30-26(34)22-10-21(16-36-22)37-19-4-7-27-23(11-19)35-2/h3-4,6-7,9,11-13,20-22H,5,8,10,14-16H2,1-2H3,(H,30,34)/t20?,21-,22+/m0/s1. The van der Waals surface area contributed by atoms with Gasteiger partial charge in [0.05, 0.1) is 32.1 Å². The fraction of sp³-hybridized carbons (Fsp3) is 0.423. The van der Waals surface area contributed by atoms with Gasteiger partial charge in [-0.05, 0) is 24.6 Å². The number of methoxy groups -OCH3 is 1. The smallest absolute Gasteiger partial charge is 0.253 e. The second-order valence-corrected chi connectivity index (χ2v) is 9.29. The van der Waals surface area contributed by atoms with Gasteiger partial charge in [-0.1, -0.05) is 0 Å². The highest BCUT2D eigenvalue weighted by atomic mass is 16.6. The summed E-state index contributed by atoms with van der Waals surface area (Å²) in [7, 11) is 1.53. The van der Waals surface area contributed by atoms with E-state index < -0.39 is 6.10 Å². The number of hydrogen-bond donors (Lipinski definition) is 1. The van der Waals surface area contributed by atoms with Crippen LogP contribution >= 0.6 is 0 Å². The first-order chi connectivity index (χ1) is 18.4. The van der Waals surface area contributed by atoms with Gasteiger partial charge in [0.1, 0.15) is 30.6 Å². The minimum absolute atomic E-state index is 0.0660. The summed E-state index contributed by atoms with van der Waals surface area (Å²) < 4.78 is 24.1. The summed E-state index contributed by atoms with van der Waals surface area (Å²) in [6.07, 6.45) is 6.56. The molecular formula is C26H30N6O6. The van der Waals surface area contributed by atoms with Gasteiger partial charge < -0.3 is 29.2 Å². The second kappa shape index (κ2) is 11.5. The van der Waals surface area contributed by atoms with E-state index in [0.29, 0.717) is 42.7 Å². The predicted molar refractivity (Wildman–Crippen MR) is 135 cm³/mol. The molecule has 200 valence electrons. The zero-order valence-corrected chi connectivity index (χ0v) is 21.3. The van der Waals surface area contributed by atoms with E-state index in [9.17, 15) is 9.59 Å². The number of aromatic nitrogens is 4. The number of pyridine rings is 2. The SMILES string of the molecule is COc1cc(O[C@@H]2CO[C@@H](C(=O)Nc3cnn(CC(=O)N4CCC(Oc5cc(C)ccn5)C4)c3)C2)ccn1. The third kappa shape index (κ3) is 6.38. The first kappa shape index (κ1) is 25.5. The first-order valence-corrected chi connectivity index (χ1v) is 12.4. The van der Waals surface area contributed by atoms with Crippen LogP contribution in [0, 0.1) is 6.92 Å². The Morgan fingerprint density at radius 3 is 2.82 bits per heavy atom. The Hall–Kier alpha value is -4.19. The van der Waals surface area contributed by atoms with Crippen LogP contribution in [0.15, 0.2) is 49.1 Å². The van der Waals surface area contributed by atoms with Gasteiger partial charge in [0.2, 0.25) is 17.7 Å². The molecule has 3 atom stereocenters. The number of hydrogen-bond acceptors (Lipinski definition) is 9. The molecule has 12 heteroatoms. The summed E-state index contributed by atoms with van der Waals surface area (Å²) in [5, 5.41) is 7.02. The summed E-state index contributed by atoms with van der Waals surface area (Å²) in [6, 6.07) is 7.19. The fourth-order valence-corrected chi connectivity index (χ4v) is 4.40. The number of rotatable bonds is 9. The van der Waals surface area contributed by atoms with Gasteiger partial charge in [0.15, 0.2) is 0 Å². The number of aryl methyl sites for hydroxylation is 1. The van der Waals surface area contributed by atoms with E-state index in [4.69, 9.17) is 18.9 Å². The van der Waals surface area contributed by atoms with E-state index in [1.54, 1.807) is 35.6 Å². The zero-order valence-electron chi connectivity index (χ0n) is 21.3. The highest BCUT2D eigenvalue weighted by Crippen LogP contribution is 2.23. The van der Waals surface area contributed by atoms with Crippen LogP contribution in [0.4, 0.5) is 5.69 Å². The van der Waals surface area contributed by atoms with Gasteiger partial charge >= 0.3 is 0 Å². The highest BCUT2D eigenvalue weighted by Gasteiger charge is 2.33. The van der Waals surface area contributed by atoms with Crippen molar-refractivity contribution in [2.24, 2.45) is 0 Å². The van der Waals surface area contributed by atoms with Gasteiger partial charge in [0, 0.05) is 50.1 Å². The van der Waals surface area contributed by atoms with Gasteiger partial charge in [-0.3, -0.25) is 14.3 Å². The van der Waals surface area contributed by atoms with E-state index in [1.165, 1.54) is 18.0 Å². The number of carbonyl (C=O) groups excluding carboxylic acids is 2. The van der Waals surface area contributed by atoms with Crippen LogP contribution in [-0.2, 0) is 20.9 Å². The maximum absolute atomic E-state index is 12.8. The number of likely N-dealkylation sites (tertiary alicyclic amines) is 1. The van der Waals surface area contributed by atoms with Crippen LogP contribution in [0.25, 0.3) is 0 Å². The molecule has 3 aromatic heterocycles. The topological polar surface area (TPSA) is 130 Å². The summed E-state index contributed by atoms with van der Waals surface area (Å²) in [4.78, 5) is 35.5. The maximum Gasteiger partial charge on any atom is 0.253 e. The van der Waals surface area contributed by atoms with Crippen molar-refractivity contribution < 1.29 is 28.5 Å². The molecule has 2 aliphatic heterocycles. The van der Waals surface area contributed by atoms with Crippen molar-refractivity contribution in [3.8, 4) is 17.5 Å². The number of amides is 2. The normalized spacial score (nSPS) is 20.8. The lowest BCUT2D eigenvalue weighted by atomic mass is 10.2. The average molecular weight is 523 g/mol. The van der Waals surface area contributed by atoms with Crippen molar-refractivity contribution in [1.29, 1.82) is 0 Å². The molecule has 0 bridgehead atoms. The van der Waals surface area contributed by atoms with Crippen LogP contribution in [-0.4, -0.2) is 81.6 Å². The molecule has 0 spiro atoms. The van der Waals surface area contributed by atoms with Crippen LogP contribution in [0.1, 0.15) is 18.4 Å². The number of nitrogens with zero attached hydrogens (tertiary/aromatic N) is 5. The average Bonchev–Trinajstić information content (AvgIpc) is 3.66. The van der Waals surface area contributed by atoms with Crippen molar-refractivity contribution in [3.05, 3.63) is 54.6 Å². The van der Waals surface area contributed by atoms with E-state index in [-0.39, 0.29) is 37.2 Å². The Kier molecular flexibility index (Phi) is 7.68. The Bertz CT molecular complexity index is 1280. The summed E-state index contributed by atoms with van der Waals surface area (Å²) >= 11 is 0. The van der Waals surface area contributed by atoms with Crippen LogP contribution in [0.3, 0.4) is 0 Å². The fourth-order valence-electron chi connectivity index (χ4n) is 4.40. The molecule has 0 saturated carbocycles. The lowest BCUT2D eigenvalue weighted by Gasteiger charge is -2.17. The lowest BCUT2D eigenvalue weighted by molar-refractivity contribution is -0.131. The number of nitrogens with one attached hydrogen (secondary N) is 1. The van der Waals surface area contributed by atoms with E-state index in [1.807, 2.05) is 19.1 Å². The monoisotopic (exact) mass is 522 g/mol. The van der Waals surface area contributed by atoms with Crippen molar-refractivity contribution in [2.45, 2.75) is 44.6 Å². The molecule has 5 heterocycles. The van der Waals surface area contributed by atoms with Gasteiger partial charge in [0.25, 0.3) is 5.91 Å². The van der Waals surface area contributed by atoms with E-state index in [2.05, 4.69) is 20.4 Å². The molecular weight excluding hydrogens is 492 g/mol. The third-order valence-electron chi connectivity index (χ3n) is 6.34. The second-order valence-electron chi connectivity index (χ2n) is 9.29. The molecule has 0 aromatic carbocycles. The molecule has 0 radical (unpaired) electrons. The van der Waals surface area contributed by atoms with E-state index >= 15 is 0 Å². The minimum Gasteiger partial charge on any atom is -0.488 e. The maximum atomic E-state index is 12.8. The Morgan fingerprint density at radius 2 is 1.97 bits per heavy atom. The van der Waals surface area contributed by atoms with Crippen molar-refractivity contribution >= 4 is 17.5 Å². The molecule has 3 aromatic rings. The lowest BCUT2D eigenvalue weighted by Crippen LogP contribution is -2.33. The van der Waals surface area contributed by atoms with Crippen molar-refractivity contribution in [2.75, 3.05) is 32.1 Å². The van der Waals surface area contributed by atoms with Gasteiger partial charge in [-0.2, -0.15) is 5.10 Å². The quantitative estimate of drug-likeness (QED) is 0.447. The Morgan fingerprint density at radius 1 is 1.13 bits per heavy atom. The molecule has 0 aliphatic carbocycles. The highest BCUT2D eigenvalue weighted by molar-refractivity contribution is 5.94. The molecule has 1 N–H and O–H groups in total. The molecule has 38 heavy (non-hydrogen) atoms. The van der Waals surface area contributed by atoms with E-state index in [0.717, 1.165) is 12.0 Å². The molecule has 2 amide bonds. The summed E-state index contributed by atoms with van der Waals surface area (Å²) in [6.45, 7) is 3.43. The molecule has 1 unspecified atom stereocenters.